The Kier molecular flexibility index (Phi) is 5.96. The van der Waals surface area contributed by atoms with Gasteiger partial charge in [-0.1, -0.05) is 48.3 Å². The summed E-state index contributed by atoms with van der Waals surface area (Å²) in [4.78, 5) is 27.8. The fourth-order valence-corrected chi connectivity index (χ4v) is 2.31. The van der Waals surface area contributed by atoms with Crippen molar-refractivity contribution in [2.75, 3.05) is 11.9 Å². The van der Waals surface area contributed by atoms with Gasteiger partial charge in [0, 0.05) is 5.69 Å². The Morgan fingerprint density at radius 2 is 1.87 bits per heavy atom. The van der Waals surface area contributed by atoms with Crippen molar-refractivity contribution in [3.05, 3.63) is 57.8 Å². The zero-order chi connectivity index (χ0) is 16.8. The van der Waals surface area contributed by atoms with Gasteiger partial charge in [0.25, 0.3) is 5.91 Å². The van der Waals surface area contributed by atoms with Crippen LogP contribution in [0.3, 0.4) is 0 Å². The summed E-state index contributed by atoms with van der Waals surface area (Å²) in [7, 11) is 0. The van der Waals surface area contributed by atoms with E-state index in [1.807, 2.05) is 31.2 Å². The molecule has 0 spiro atoms. The summed E-state index contributed by atoms with van der Waals surface area (Å²) in [6.45, 7) is 1.81. The predicted octanol–water partition coefficient (Wildman–Crippen LogP) is 3.32. The SMILES string of the molecule is CCc1ccccc1NC(=O)CNC(=O)c1nc(Cl)ccc1Cl. The number of nitrogens with one attached hydrogen (secondary N) is 2. The monoisotopic (exact) mass is 351 g/mol. The van der Waals surface area contributed by atoms with E-state index in [2.05, 4.69) is 15.6 Å². The minimum atomic E-state index is -0.559. The number of aryl methyl sites for hydroxylation is 1. The van der Waals surface area contributed by atoms with Crippen molar-refractivity contribution in [3.63, 3.8) is 0 Å². The van der Waals surface area contributed by atoms with E-state index in [9.17, 15) is 9.59 Å². The number of hydrogen-bond donors (Lipinski definition) is 2. The van der Waals surface area contributed by atoms with E-state index in [1.54, 1.807) is 0 Å². The number of halogens is 2. The largest absolute Gasteiger partial charge is 0.342 e. The maximum Gasteiger partial charge on any atom is 0.271 e. The van der Waals surface area contributed by atoms with Crippen LogP contribution in [-0.4, -0.2) is 23.3 Å². The number of anilines is 1. The van der Waals surface area contributed by atoms with Crippen LogP contribution < -0.4 is 10.6 Å². The molecule has 2 rings (SSSR count). The summed E-state index contributed by atoms with van der Waals surface area (Å²) in [5.41, 5.74) is 1.74. The second kappa shape index (κ2) is 7.94. The molecule has 0 saturated heterocycles. The normalized spacial score (nSPS) is 10.2. The van der Waals surface area contributed by atoms with Gasteiger partial charge in [0.2, 0.25) is 5.91 Å². The van der Waals surface area contributed by atoms with Crippen molar-refractivity contribution in [2.45, 2.75) is 13.3 Å². The minimum absolute atomic E-state index is 0.0130. The van der Waals surface area contributed by atoms with Crippen LogP contribution in [0.5, 0.6) is 0 Å². The van der Waals surface area contributed by atoms with Crippen LogP contribution in [0.1, 0.15) is 23.0 Å². The molecular weight excluding hydrogens is 337 g/mol. The average molecular weight is 352 g/mol. The maximum atomic E-state index is 12.0. The molecule has 2 aromatic rings. The summed E-state index contributed by atoms with van der Waals surface area (Å²) < 4.78 is 0. The van der Waals surface area contributed by atoms with Crippen LogP contribution in [-0.2, 0) is 11.2 Å². The number of carbonyl (C=O) groups is 2. The maximum absolute atomic E-state index is 12.0. The standard InChI is InChI=1S/C16H15Cl2N3O2/c1-2-10-5-3-4-6-12(10)20-14(22)9-19-16(23)15-11(17)7-8-13(18)21-15/h3-8H,2,9H2,1H3,(H,19,23)(H,20,22). The lowest BCUT2D eigenvalue weighted by Crippen LogP contribution is -2.33. The number of para-hydroxylation sites is 1. The molecule has 0 aliphatic heterocycles. The number of pyridine rings is 1. The summed E-state index contributed by atoms with van der Waals surface area (Å²) in [6.07, 6.45) is 0.796. The predicted molar refractivity (Wildman–Crippen MR) is 91.0 cm³/mol. The first-order chi connectivity index (χ1) is 11.0. The highest BCUT2D eigenvalue weighted by atomic mass is 35.5. The van der Waals surface area contributed by atoms with Gasteiger partial charge in [-0.05, 0) is 30.2 Å². The van der Waals surface area contributed by atoms with Crippen molar-refractivity contribution in [2.24, 2.45) is 0 Å². The second-order valence-electron chi connectivity index (χ2n) is 4.71. The van der Waals surface area contributed by atoms with E-state index in [0.717, 1.165) is 17.7 Å². The summed E-state index contributed by atoms with van der Waals surface area (Å²) in [5, 5.41) is 5.55. The first-order valence-corrected chi connectivity index (χ1v) is 7.75. The molecule has 0 radical (unpaired) electrons. The molecule has 0 saturated carbocycles. The highest BCUT2D eigenvalue weighted by molar-refractivity contribution is 6.34. The van der Waals surface area contributed by atoms with Crippen LogP contribution in [0.25, 0.3) is 0 Å². The summed E-state index contributed by atoms with van der Waals surface area (Å²) in [5.74, 6) is -0.895. The Labute approximate surface area is 144 Å². The fourth-order valence-electron chi connectivity index (χ4n) is 1.97. The lowest BCUT2D eigenvalue weighted by atomic mass is 10.1. The highest BCUT2D eigenvalue weighted by Crippen LogP contribution is 2.17. The number of aromatic nitrogens is 1. The molecule has 5 nitrogen and oxygen atoms in total. The van der Waals surface area contributed by atoms with E-state index in [-0.39, 0.29) is 28.3 Å². The molecule has 2 N–H and O–H groups in total. The lowest BCUT2D eigenvalue weighted by molar-refractivity contribution is -0.115. The molecule has 23 heavy (non-hydrogen) atoms. The molecule has 7 heteroatoms. The van der Waals surface area contributed by atoms with E-state index >= 15 is 0 Å². The van der Waals surface area contributed by atoms with Crippen LogP contribution in [0, 0.1) is 0 Å². The Bertz CT molecular complexity index is 735. The number of nitrogens with zero attached hydrogens (tertiary/aromatic N) is 1. The molecule has 120 valence electrons. The second-order valence-corrected chi connectivity index (χ2v) is 5.50. The number of amides is 2. The molecule has 2 amide bonds. The van der Waals surface area contributed by atoms with Gasteiger partial charge in [0.15, 0.2) is 0 Å². The number of benzene rings is 1. The van der Waals surface area contributed by atoms with E-state index < -0.39 is 5.91 Å². The smallest absolute Gasteiger partial charge is 0.271 e. The molecular formula is C16H15Cl2N3O2. The van der Waals surface area contributed by atoms with E-state index in [0.29, 0.717) is 0 Å². The van der Waals surface area contributed by atoms with Gasteiger partial charge in [-0.25, -0.2) is 4.98 Å². The van der Waals surface area contributed by atoms with Crippen molar-refractivity contribution in [3.8, 4) is 0 Å². The Hall–Kier alpha value is -2.11. The molecule has 0 aliphatic rings. The van der Waals surface area contributed by atoms with Gasteiger partial charge in [-0.15, -0.1) is 0 Å². The molecule has 0 bridgehead atoms. The van der Waals surface area contributed by atoms with Gasteiger partial charge in [0.05, 0.1) is 11.6 Å². The zero-order valence-corrected chi connectivity index (χ0v) is 13.9. The quantitative estimate of drug-likeness (QED) is 0.811. The Morgan fingerprint density at radius 3 is 2.61 bits per heavy atom. The third kappa shape index (κ3) is 4.68. The Morgan fingerprint density at radius 1 is 1.13 bits per heavy atom. The van der Waals surface area contributed by atoms with Crippen molar-refractivity contribution < 1.29 is 9.59 Å². The first kappa shape index (κ1) is 17.2. The van der Waals surface area contributed by atoms with E-state index in [4.69, 9.17) is 23.2 Å². The van der Waals surface area contributed by atoms with Crippen LogP contribution in [0.15, 0.2) is 36.4 Å². The summed E-state index contributed by atoms with van der Waals surface area (Å²) >= 11 is 11.6. The average Bonchev–Trinajstić information content (AvgIpc) is 2.55. The topological polar surface area (TPSA) is 71.1 Å². The molecule has 1 heterocycles. The third-order valence-electron chi connectivity index (χ3n) is 3.11. The van der Waals surface area contributed by atoms with Crippen LogP contribution in [0.2, 0.25) is 10.2 Å². The number of rotatable bonds is 5. The van der Waals surface area contributed by atoms with Crippen molar-refractivity contribution in [1.29, 1.82) is 0 Å². The molecule has 1 aromatic carbocycles. The van der Waals surface area contributed by atoms with Gasteiger partial charge in [0.1, 0.15) is 10.8 Å². The fraction of sp³-hybridized carbons (Fsp3) is 0.188. The molecule has 0 unspecified atom stereocenters. The lowest BCUT2D eigenvalue weighted by Gasteiger charge is -2.10. The first-order valence-electron chi connectivity index (χ1n) is 6.99. The van der Waals surface area contributed by atoms with Crippen LogP contribution in [0.4, 0.5) is 5.69 Å². The van der Waals surface area contributed by atoms with Gasteiger partial charge < -0.3 is 10.6 Å². The molecule has 0 atom stereocenters. The molecule has 0 fully saturated rings. The zero-order valence-electron chi connectivity index (χ0n) is 12.4. The van der Waals surface area contributed by atoms with Crippen molar-refractivity contribution >= 4 is 40.7 Å². The number of hydrogen-bond acceptors (Lipinski definition) is 3. The molecule has 0 aliphatic carbocycles. The summed E-state index contributed by atoms with van der Waals surface area (Å²) in [6, 6.07) is 10.4. The van der Waals surface area contributed by atoms with Crippen molar-refractivity contribution in [1.82, 2.24) is 10.3 Å². The highest BCUT2D eigenvalue weighted by Gasteiger charge is 2.14. The van der Waals surface area contributed by atoms with Crippen LogP contribution >= 0.6 is 23.2 Å². The minimum Gasteiger partial charge on any atom is -0.342 e. The molecule has 1 aromatic heterocycles. The van der Waals surface area contributed by atoms with Gasteiger partial charge >= 0.3 is 0 Å². The Balaban J connectivity index is 1.96. The third-order valence-corrected chi connectivity index (χ3v) is 3.62. The van der Waals surface area contributed by atoms with E-state index in [1.165, 1.54) is 12.1 Å². The number of carbonyl (C=O) groups excluding carboxylic acids is 2. The van der Waals surface area contributed by atoms with Gasteiger partial charge in [-0.2, -0.15) is 0 Å². The van der Waals surface area contributed by atoms with Gasteiger partial charge in [-0.3, -0.25) is 9.59 Å².